The third kappa shape index (κ3) is 3.98. The molecule has 2 aliphatic rings. The molecule has 1 atom stereocenters. The van der Waals surface area contributed by atoms with Crippen LogP contribution in [0.25, 0.3) is 0 Å². The van der Waals surface area contributed by atoms with Gasteiger partial charge < -0.3 is 14.6 Å². The Morgan fingerprint density at radius 3 is 2.32 bits per heavy atom. The molecule has 132 valence electrons. The van der Waals surface area contributed by atoms with Crippen molar-refractivity contribution in [1.29, 1.82) is 0 Å². The van der Waals surface area contributed by atoms with Gasteiger partial charge in [-0.1, -0.05) is 0 Å². The summed E-state index contributed by atoms with van der Waals surface area (Å²) in [4.78, 5) is 19.2. The molecule has 0 radical (unpaired) electrons. The minimum atomic E-state index is -0.912. The number of ketones is 1. The van der Waals surface area contributed by atoms with Gasteiger partial charge in [0.15, 0.2) is 5.78 Å². The van der Waals surface area contributed by atoms with Crippen molar-refractivity contribution in [2.24, 2.45) is 0 Å². The van der Waals surface area contributed by atoms with Gasteiger partial charge in [0.05, 0.1) is 19.8 Å². The van der Waals surface area contributed by atoms with Gasteiger partial charge in [0.25, 0.3) is 0 Å². The van der Waals surface area contributed by atoms with E-state index in [2.05, 4.69) is 41.8 Å². The first kappa shape index (κ1) is 18.6. The number of fused-ring (bicyclic) bond motifs is 2. The fourth-order valence-corrected chi connectivity index (χ4v) is 3.57. The molecule has 0 bridgehead atoms. The molecule has 0 saturated carbocycles. The molecule has 2 aromatic heterocycles. The van der Waals surface area contributed by atoms with Crippen molar-refractivity contribution in [3.8, 4) is 0 Å². The van der Waals surface area contributed by atoms with Crippen molar-refractivity contribution in [2.45, 2.75) is 25.7 Å². The molecule has 0 spiro atoms. The van der Waals surface area contributed by atoms with Crippen molar-refractivity contribution in [2.75, 3.05) is 13.2 Å². The standard InChI is InChI=1S/C9H10BrNO2.C8H6BrNO2/c1-9(12)5-13-4-6-7(9)2-11-3-8(6)10;9-7-2-10-1-5-6(7)3-12-4-8(5)11/h2-3,12H,4-5H2,1H3;1-2H,3-4H2. The Labute approximate surface area is 161 Å². The van der Waals surface area contributed by atoms with Crippen LogP contribution in [-0.2, 0) is 28.3 Å². The minimum absolute atomic E-state index is 0.00468. The summed E-state index contributed by atoms with van der Waals surface area (Å²) in [6, 6.07) is 0. The van der Waals surface area contributed by atoms with Gasteiger partial charge >= 0.3 is 0 Å². The van der Waals surface area contributed by atoms with Crippen LogP contribution >= 0.6 is 31.9 Å². The van der Waals surface area contributed by atoms with Gasteiger partial charge in [0.2, 0.25) is 0 Å². The summed E-state index contributed by atoms with van der Waals surface area (Å²) >= 11 is 6.69. The molecular formula is C17H16Br2N2O4. The van der Waals surface area contributed by atoms with E-state index >= 15 is 0 Å². The smallest absolute Gasteiger partial charge is 0.190 e. The zero-order valence-electron chi connectivity index (χ0n) is 13.5. The van der Waals surface area contributed by atoms with Crippen LogP contribution in [0.5, 0.6) is 0 Å². The van der Waals surface area contributed by atoms with E-state index < -0.39 is 5.60 Å². The Bertz CT molecular complexity index is 811. The molecule has 8 heteroatoms. The summed E-state index contributed by atoms with van der Waals surface area (Å²) in [5, 5.41) is 9.97. The van der Waals surface area contributed by atoms with E-state index in [1.807, 2.05) is 0 Å². The highest BCUT2D eigenvalue weighted by atomic mass is 79.9. The summed E-state index contributed by atoms with van der Waals surface area (Å²) in [7, 11) is 0. The zero-order valence-corrected chi connectivity index (χ0v) is 16.6. The molecule has 4 heterocycles. The van der Waals surface area contributed by atoms with E-state index in [4.69, 9.17) is 9.47 Å². The van der Waals surface area contributed by atoms with E-state index in [0.717, 1.165) is 25.6 Å². The molecule has 6 nitrogen and oxygen atoms in total. The fourth-order valence-electron chi connectivity index (χ4n) is 2.67. The van der Waals surface area contributed by atoms with Gasteiger partial charge in [-0.05, 0) is 38.8 Å². The number of aliphatic hydroxyl groups is 1. The van der Waals surface area contributed by atoms with Crippen LogP contribution in [0, 0.1) is 0 Å². The quantitative estimate of drug-likeness (QED) is 0.635. The molecular weight excluding hydrogens is 456 g/mol. The number of halogens is 2. The summed E-state index contributed by atoms with van der Waals surface area (Å²) < 4.78 is 12.1. The van der Waals surface area contributed by atoms with E-state index in [1.54, 1.807) is 31.7 Å². The first-order valence-electron chi connectivity index (χ1n) is 7.56. The highest BCUT2D eigenvalue weighted by molar-refractivity contribution is 9.10. The summed E-state index contributed by atoms with van der Waals surface area (Å²) in [5.74, 6) is 0.00468. The van der Waals surface area contributed by atoms with Crippen molar-refractivity contribution in [3.05, 3.63) is 56.0 Å². The highest BCUT2D eigenvalue weighted by Gasteiger charge is 2.31. The van der Waals surface area contributed by atoms with Gasteiger partial charge in [-0.3, -0.25) is 14.8 Å². The average molecular weight is 472 g/mol. The number of pyridine rings is 2. The predicted octanol–water partition coefficient (Wildman–Crippen LogP) is 3.14. The lowest BCUT2D eigenvalue weighted by Crippen LogP contribution is -2.33. The number of hydrogen-bond donors (Lipinski definition) is 1. The average Bonchev–Trinajstić information content (AvgIpc) is 2.57. The van der Waals surface area contributed by atoms with Crippen molar-refractivity contribution < 1.29 is 19.4 Å². The molecule has 1 N–H and O–H groups in total. The molecule has 0 saturated heterocycles. The molecule has 25 heavy (non-hydrogen) atoms. The molecule has 4 rings (SSSR count). The number of Topliss-reactive ketones (excluding diaryl/α,β-unsaturated/α-hetero) is 1. The maximum atomic E-state index is 11.3. The van der Waals surface area contributed by atoms with Gasteiger partial charge in [-0.15, -0.1) is 0 Å². The zero-order chi connectivity index (χ0) is 18.0. The van der Waals surface area contributed by atoms with E-state index in [-0.39, 0.29) is 12.4 Å². The van der Waals surface area contributed by atoms with Crippen LogP contribution < -0.4 is 0 Å². The molecule has 0 fully saturated rings. The summed E-state index contributed by atoms with van der Waals surface area (Å²) in [6.45, 7) is 3.27. The Morgan fingerprint density at radius 2 is 1.64 bits per heavy atom. The molecule has 0 amide bonds. The molecule has 2 aliphatic heterocycles. The highest BCUT2D eigenvalue weighted by Crippen LogP contribution is 2.33. The Hall–Kier alpha value is -1.19. The number of hydrogen-bond acceptors (Lipinski definition) is 6. The summed E-state index contributed by atoms with van der Waals surface area (Å²) in [6.07, 6.45) is 6.66. The maximum absolute atomic E-state index is 11.3. The Morgan fingerprint density at radius 1 is 1.00 bits per heavy atom. The molecule has 1 unspecified atom stereocenters. The second-order valence-electron chi connectivity index (χ2n) is 5.98. The van der Waals surface area contributed by atoms with E-state index in [9.17, 15) is 9.90 Å². The second kappa shape index (κ2) is 7.59. The van der Waals surface area contributed by atoms with Gasteiger partial charge in [-0.2, -0.15) is 0 Å². The van der Waals surface area contributed by atoms with Crippen LogP contribution in [-0.4, -0.2) is 34.1 Å². The van der Waals surface area contributed by atoms with Crippen LogP contribution in [0.4, 0.5) is 0 Å². The number of ether oxygens (including phenoxy) is 2. The fraction of sp³-hybridized carbons (Fsp3) is 0.353. The monoisotopic (exact) mass is 470 g/mol. The topological polar surface area (TPSA) is 81.5 Å². The van der Waals surface area contributed by atoms with Crippen molar-refractivity contribution in [1.82, 2.24) is 9.97 Å². The van der Waals surface area contributed by atoms with E-state index in [1.165, 1.54) is 0 Å². The van der Waals surface area contributed by atoms with E-state index in [0.29, 0.717) is 25.4 Å². The number of aromatic nitrogens is 2. The third-order valence-corrected chi connectivity index (χ3v) is 5.37. The van der Waals surface area contributed by atoms with Crippen LogP contribution in [0.15, 0.2) is 33.7 Å². The summed E-state index contributed by atoms with van der Waals surface area (Å²) in [5.41, 5.74) is 2.51. The van der Waals surface area contributed by atoms with Crippen LogP contribution in [0.3, 0.4) is 0 Å². The van der Waals surface area contributed by atoms with Gasteiger partial charge in [-0.25, -0.2) is 0 Å². The largest absolute Gasteiger partial charge is 0.383 e. The Kier molecular flexibility index (Phi) is 5.65. The molecule has 2 aromatic rings. The van der Waals surface area contributed by atoms with Gasteiger partial charge in [0.1, 0.15) is 12.2 Å². The first-order valence-corrected chi connectivity index (χ1v) is 9.15. The maximum Gasteiger partial charge on any atom is 0.190 e. The minimum Gasteiger partial charge on any atom is -0.383 e. The lowest BCUT2D eigenvalue weighted by molar-refractivity contribution is -0.0608. The number of nitrogens with zero attached hydrogens (tertiary/aromatic N) is 2. The predicted molar refractivity (Wildman–Crippen MR) is 97.1 cm³/mol. The first-order chi connectivity index (χ1) is 11.9. The number of carbonyl (C=O) groups excluding carboxylic acids is 1. The van der Waals surface area contributed by atoms with Crippen LogP contribution in [0.2, 0.25) is 0 Å². The van der Waals surface area contributed by atoms with Crippen LogP contribution in [0.1, 0.15) is 34.0 Å². The van der Waals surface area contributed by atoms with Gasteiger partial charge in [0, 0.05) is 56.0 Å². The molecule has 0 aromatic carbocycles. The molecule has 0 aliphatic carbocycles. The lowest BCUT2D eigenvalue weighted by Gasteiger charge is -2.30. The normalized spacial score (nSPS) is 21.7. The van der Waals surface area contributed by atoms with Crippen molar-refractivity contribution in [3.63, 3.8) is 0 Å². The number of carbonyl (C=O) groups is 1. The van der Waals surface area contributed by atoms with Crippen molar-refractivity contribution >= 4 is 37.6 Å². The second-order valence-corrected chi connectivity index (χ2v) is 7.69. The Balaban J connectivity index is 0.000000146. The third-order valence-electron chi connectivity index (χ3n) is 4.00. The number of rotatable bonds is 0. The lowest BCUT2D eigenvalue weighted by atomic mass is 9.92. The SMILES string of the molecule is CC1(O)COCc2c(Br)cncc21.O=C1COCc2c(Br)cncc21.